The molecule has 1 amide bonds. The fourth-order valence-electron chi connectivity index (χ4n) is 1.61. The Morgan fingerprint density at radius 1 is 1.26 bits per heavy atom. The number of hydrogen-bond donors (Lipinski definition) is 2. The monoisotopic (exact) mass is 431 g/mol. The van der Waals surface area contributed by atoms with Crippen molar-refractivity contribution in [2.45, 2.75) is 6.92 Å². The van der Waals surface area contributed by atoms with Crippen LogP contribution in [0.3, 0.4) is 0 Å². The Hall–Kier alpha value is -1.08. The summed E-state index contributed by atoms with van der Waals surface area (Å²) in [5.41, 5.74) is 1.87. The zero-order valence-corrected chi connectivity index (χ0v) is 13.8. The molecule has 5 heteroatoms. The number of aryl methyl sites for hydroxylation is 1. The first-order chi connectivity index (χ1) is 8.97. The Labute approximate surface area is 133 Å². The molecule has 0 aliphatic carbocycles. The Balaban J connectivity index is 2.30. The van der Waals surface area contributed by atoms with Gasteiger partial charge in [0, 0.05) is 8.04 Å². The molecule has 0 atom stereocenters. The lowest BCUT2D eigenvalue weighted by molar-refractivity contribution is 0.102. The average molecular weight is 432 g/mol. The minimum absolute atomic E-state index is 0.0233. The van der Waals surface area contributed by atoms with E-state index in [9.17, 15) is 9.90 Å². The van der Waals surface area contributed by atoms with E-state index in [1.54, 1.807) is 12.1 Å². The highest BCUT2D eigenvalue weighted by molar-refractivity contribution is 14.1. The first-order valence-electron chi connectivity index (χ1n) is 5.53. The summed E-state index contributed by atoms with van der Waals surface area (Å²) in [6.45, 7) is 1.87. The first-order valence-corrected chi connectivity index (χ1v) is 7.40. The van der Waals surface area contributed by atoms with Crippen LogP contribution in [0, 0.1) is 10.5 Å². The summed E-state index contributed by atoms with van der Waals surface area (Å²) >= 11 is 5.56. The Morgan fingerprint density at radius 2 is 2.00 bits per heavy atom. The Bertz CT molecular complexity index is 643. The molecule has 0 aliphatic heterocycles. The van der Waals surface area contributed by atoms with Crippen LogP contribution in [0.5, 0.6) is 5.75 Å². The molecule has 0 radical (unpaired) electrons. The van der Waals surface area contributed by atoms with Crippen LogP contribution in [0.15, 0.2) is 40.9 Å². The van der Waals surface area contributed by atoms with Gasteiger partial charge in [-0.2, -0.15) is 0 Å². The highest BCUT2D eigenvalue weighted by atomic mass is 127. The van der Waals surface area contributed by atoms with Gasteiger partial charge in [-0.1, -0.05) is 11.6 Å². The number of halogens is 2. The highest BCUT2D eigenvalue weighted by Gasteiger charge is 2.13. The van der Waals surface area contributed by atoms with Crippen LogP contribution in [0.1, 0.15) is 15.9 Å². The number of carbonyl (C=O) groups excluding carboxylic acids is 1. The zero-order chi connectivity index (χ0) is 14.0. The molecule has 2 rings (SSSR count). The van der Waals surface area contributed by atoms with Crippen molar-refractivity contribution in [3.8, 4) is 5.75 Å². The number of nitrogens with one attached hydrogen (secondary N) is 1. The third kappa shape index (κ3) is 3.48. The van der Waals surface area contributed by atoms with Crippen molar-refractivity contribution >= 4 is 50.1 Å². The predicted octanol–water partition coefficient (Wildman–Crippen LogP) is 4.32. The normalized spacial score (nSPS) is 10.3. The number of amides is 1. The van der Waals surface area contributed by atoms with Crippen LogP contribution in [0.4, 0.5) is 5.69 Å². The van der Waals surface area contributed by atoms with E-state index in [2.05, 4.69) is 43.8 Å². The minimum Gasteiger partial charge on any atom is -0.507 e. The molecule has 19 heavy (non-hydrogen) atoms. The van der Waals surface area contributed by atoms with Crippen molar-refractivity contribution in [3.63, 3.8) is 0 Å². The van der Waals surface area contributed by atoms with E-state index < -0.39 is 0 Å². The third-order valence-electron chi connectivity index (χ3n) is 2.57. The van der Waals surface area contributed by atoms with Crippen molar-refractivity contribution in [3.05, 3.63) is 55.6 Å². The van der Waals surface area contributed by atoms with Gasteiger partial charge in [0.1, 0.15) is 5.75 Å². The maximum absolute atomic E-state index is 12.2. The lowest BCUT2D eigenvalue weighted by Crippen LogP contribution is -2.12. The fraction of sp³-hybridized carbons (Fsp3) is 0.0714. The third-order valence-corrected chi connectivity index (χ3v) is 3.94. The van der Waals surface area contributed by atoms with Crippen LogP contribution in [-0.2, 0) is 0 Å². The van der Waals surface area contributed by atoms with Gasteiger partial charge in [0.2, 0.25) is 0 Å². The molecule has 0 saturated carbocycles. The van der Waals surface area contributed by atoms with Crippen LogP contribution in [0.25, 0.3) is 0 Å². The van der Waals surface area contributed by atoms with E-state index in [1.165, 1.54) is 6.07 Å². The van der Waals surface area contributed by atoms with E-state index in [0.29, 0.717) is 5.69 Å². The van der Waals surface area contributed by atoms with E-state index >= 15 is 0 Å². The second-order valence-corrected chi connectivity index (χ2v) is 6.20. The molecule has 0 heterocycles. The predicted molar refractivity (Wildman–Crippen MR) is 87.7 cm³/mol. The van der Waals surface area contributed by atoms with Crippen molar-refractivity contribution in [1.29, 1.82) is 0 Å². The van der Waals surface area contributed by atoms with Crippen LogP contribution in [0.2, 0.25) is 0 Å². The van der Waals surface area contributed by atoms with E-state index in [0.717, 1.165) is 13.6 Å². The summed E-state index contributed by atoms with van der Waals surface area (Å²) < 4.78 is 1.82. The summed E-state index contributed by atoms with van der Waals surface area (Å²) in [6.07, 6.45) is 0. The van der Waals surface area contributed by atoms with Gasteiger partial charge in [-0.05, 0) is 75.8 Å². The molecule has 2 aromatic rings. The maximum Gasteiger partial charge on any atom is 0.259 e. The molecule has 98 valence electrons. The molecule has 0 bridgehead atoms. The van der Waals surface area contributed by atoms with Gasteiger partial charge in [-0.15, -0.1) is 0 Å². The number of hydrogen-bond acceptors (Lipinski definition) is 2. The van der Waals surface area contributed by atoms with Crippen molar-refractivity contribution in [2.75, 3.05) is 5.32 Å². The molecule has 0 saturated heterocycles. The molecule has 0 aromatic heterocycles. The highest BCUT2D eigenvalue weighted by Crippen LogP contribution is 2.26. The number of phenolic OH excluding ortho intramolecular Hbond substituents is 1. The Kier molecular flexibility index (Phi) is 4.46. The number of rotatable bonds is 2. The van der Waals surface area contributed by atoms with Crippen LogP contribution >= 0.6 is 38.5 Å². The second kappa shape index (κ2) is 5.92. The van der Waals surface area contributed by atoms with Gasteiger partial charge < -0.3 is 10.4 Å². The zero-order valence-electron chi connectivity index (χ0n) is 10.1. The SMILES string of the molecule is Cc1ccc(O)c(C(=O)Nc2cc(I)ccc2Br)c1. The van der Waals surface area contributed by atoms with Gasteiger partial charge in [0.25, 0.3) is 5.91 Å². The number of benzene rings is 2. The molecule has 2 aromatic carbocycles. The van der Waals surface area contributed by atoms with Crippen molar-refractivity contribution in [1.82, 2.24) is 0 Å². The van der Waals surface area contributed by atoms with Gasteiger partial charge in [-0.3, -0.25) is 4.79 Å². The standard InChI is InChI=1S/C14H11BrINO2/c1-8-2-5-13(18)10(6-8)14(19)17-12-7-9(16)3-4-11(12)15/h2-7,18H,1H3,(H,17,19). The Morgan fingerprint density at radius 3 is 2.74 bits per heavy atom. The van der Waals surface area contributed by atoms with Crippen LogP contribution in [-0.4, -0.2) is 11.0 Å². The largest absolute Gasteiger partial charge is 0.507 e. The summed E-state index contributed by atoms with van der Waals surface area (Å²) in [5, 5.41) is 12.5. The summed E-state index contributed by atoms with van der Waals surface area (Å²) in [4.78, 5) is 12.2. The fourth-order valence-corrected chi connectivity index (χ4v) is 2.45. The summed E-state index contributed by atoms with van der Waals surface area (Å²) in [7, 11) is 0. The number of carbonyl (C=O) groups is 1. The second-order valence-electron chi connectivity index (χ2n) is 4.10. The van der Waals surface area contributed by atoms with Crippen molar-refractivity contribution in [2.24, 2.45) is 0 Å². The molecular weight excluding hydrogens is 421 g/mol. The molecule has 2 N–H and O–H groups in total. The van der Waals surface area contributed by atoms with Crippen molar-refractivity contribution < 1.29 is 9.90 Å². The summed E-state index contributed by atoms with van der Waals surface area (Å²) in [5.74, 6) is -0.353. The van der Waals surface area contributed by atoms with Gasteiger partial charge in [0.05, 0.1) is 11.3 Å². The molecule has 0 unspecified atom stereocenters. The van der Waals surface area contributed by atoms with Gasteiger partial charge in [-0.25, -0.2) is 0 Å². The molecule has 0 fully saturated rings. The lowest BCUT2D eigenvalue weighted by atomic mass is 10.1. The first kappa shape index (κ1) is 14.3. The smallest absolute Gasteiger partial charge is 0.259 e. The molecular formula is C14H11BrINO2. The molecule has 3 nitrogen and oxygen atoms in total. The van der Waals surface area contributed by atoms with Gasteiger partial charge in [0.15, 0.2) is 0 Å². The summed E-state index contributed by atoms with van der Waals surface area (Å²) in [6, 6.07) is 10.6. The lowest BCUT2D eigenvalue weighted by Gasteiger charge is -2.09. The maximum atomic E-state index is 12.2. The van der Waals surface area contributed by atoms with Crippen LogP contribution < -0.4 is 5.32 Å². The number of anilines is 1. The molecule has 0 spiro atoms. The quantitative estimate of drug-likeness (QED) is 0.695. The van der Waals surface area contributed by atoms with E-state index in [-0.39, 0.29) is 17.2 Å². The molecule has 0 aliphatic rings. The van der Waals surface area contributed by atoms with E-state index in [4.69, 9.17) is 0 Å². The minimum atomic E-state index is -0.330. The van der Waals surface area contributed by atoms with Gasteiger partial charge >= 0.3 is 0 Å². The topological polar surface area (TPSA) is 49.3 Å². The number of phenols is 1. The number of aromatic hydroxyl groups is 1. The van der Waals surface area contributed by atoms with E-state index in [1.807, 2.05) is 25.1 Å². The average Bonchev–Trinajstić information content (AvgIpc) is 2.36.